The third-order valence-corrected chi connectivity index (χ3v) is 10.5. The van der Waals surface area contributed by atoms with Crippen molar-refractivity contribution in [2.45, 2.75) is 55.9 Å². The second-order valence-corrected chi connectivity index (χ2v) is 15.8. The lowest BCUT2D eigenvalue weighted by Crippen LogP contribution is -2.31. The molecule has 346 valence electrons. The Balaban J connectivity index is 0.000000671. The third-order valence-electron chi connectivity index (χ3n) is 8.97. The van der Waals surface area contributed by atoms with Crippen molar-refractivity contribution < 1.29 is 64.2 Å². The molecule has 0 spiro atoms. The lowest BCUT2D eigenvalue weighted by Gasteiger charge is -2.18. The minimum absolute atomic E-state index is 0.155. The number of anilines is 2. The van der Waals surface area contributed by atoms with Crippen molar-refractivity contribution in [2.75, 3.05) is 44.4 Å². The van der Waals surface area contributed by atoms with Gasteiger partial charge in [-0.3, -0.25) is 9.89 Å². The van der Waals surface area contributed by atoms with Gasteiger partial charge in [0, 0.05) is 80.2 Å². The number of hydrogen-bond donors (Lipinski definition) is 6. The van der Waals surface area contributed by atoms with Gasteiger partial charge in [0.2, 0.25) is 10.0 Å². The Morgan fingerprint density at radius 1 is 0.719 bits per heavy atom. The molecule has 0 saturated carbocycles. The summed E-state index contributed by atoms with van der Waals surface area (Å²) in [5.41, 5.74) is 5.01. The fraction of sp³-hybridized carbons (Fsp3) is 0.310. The minimum atomic E-state index is -5.08. The van der Waals surface area contributed by atoms with Crippen LogP contribution < -0.4 is 20.3 Å². The van der Waals surface area contributed by atoms with Crippen LogP contribution in [0.2, 0.25) is 0 Å². The number of carbonyl (C=O) groups excluding carboxylic acids is 2. The molecule has 4 aromatic carbocycles. The number of nitrogens with zero attached hydrogens (tertiary/aromatic N) is 3. The number of urea groups is 1. The Morgan fingerprint density at radius 2 is 1.28 bits per heavy atom. The van der Waals surface area contributed by atoms with E-state index in [0.717, 1.165) is 59.9 Å². The van der Waals surface area contributed by atoms with Crippen LogP contribution in [0.25, 0.3) is 21.9 Å². The molecule has 0 fully saturated rings. The highest BCUT2D eigenvalue weighted by Gasteiger charge is 2.39. The Bertz CT molecular complexity index is 2410. The first-order valence-electron chi connectivity index (χ1n) is 19.3. The first-order valence-corrected chi connectivity index (χ1v) is 20.8. The van der Waals surface area contributed by atoms with Crippen LogP contribution in [0.1, 0.15) is 48.0 Å². The van der Waals surface area contributed by atoms with E-state index in [-0.39, 0.29) is 11.9 Å². The maximum atomic E-state index is 13.1. The average Bonchev–Trinajstić information content (AvgIpc) is 3.78. The first-order chi connectivity index (χ1) is 30.0. The lowest BCUT2D eigenvalue weighted by atomic mass is 10.1. The number of aromatic amines is 1. The van der Waals surface area contributed by atoms with Crippen LogP contribution in [0.4, 0.5) is 42.5 Å². The number of nitrogens with one attached hydrogen (secondary N) is 4. The van der Waals surface area contributed by atoms with Gasteiger partial charge < -0.3 is 30.6 Å². The Kier molecular flexibility index (Phi) is 19.1. The second kappa shape index (κ2) is 23.7. The SMILES string of the molecule is CN(Cc1cccc(C(=O)NCCCCCCCNS(=O)(=O)c2cccc3c(N(C)C)cccc23)c1)C(=O)Nc1ccc(-c2cn[nH]c2)cc1.O=C(O)C(F)(F)F.O=C(O)C(F)(F)F. The van der Waals surface area contributed by atoms with Crippen LogP contribution in [-0.4, -0.2) is 104 Å². The molecule has 0 atom stereocenters. The van der Waals surface area contributed by atoms with Crippen molar-refractivity contribution in [3.05, 3.63) is 108 Å². The monoisotopic (exact) mass is 923 g/mol. The van der Waals surface area contributed by atoms with Gasteiger partial charge in [-0.25, -0.2) is 27.5 Å². The van der Waals surface area contributed by atoms with E-state index in [1.807, 2.05) is 85.9 Å². The van der Waals surface area contributed by atoms with Crippen LogP contribution in [0.15, 0.2) is 102 Å². The van der Waals surface area contributed by atoms with Gasteiger partial charge >= 0.3 is 30.3 Å². The summed E-state index contributed by atoms with van der Waals surface area (Å²) < 4.78 is 92.4. The van der Waals surface area contributed by atoms with Gasteiger partial charge in [0.15, 0.2) is 0 Å². The van der Waals surface area contributed by atoms with Gasteiger partial charge in [-0.1, -0.05) is 67.8 Å². The number of H-pyrrole nitrogens is 1. The van der Waals surface area contributed by atoms with Crippen LogP contribution in [0.5, 0.6) is 0 Å². The number of benzene rings is 4. The molecule has 0 aliphatic rings. The van der Waals surface area contributed by atoms with Gasteiger partial charge in [0.1, 0.15) is 0 Å². The summed E-state index contributed by atoms with van der Waals surface area (Å²) in [7, 11) is 1.95. The summed E-state index contributed by atoms with van der Waals surface area (Å²) in [4.78, 5) is 47.2. The molecular weight excluding hydrogens is 877 g/mol. The number of sulfonamides is 1. The predicted octanol–water partition coefficient (Wildman–Crippen LogP) is 7.89. The fourth-order valence-corrected chi connectivity index (χ4v) is 7.08. The molecule has 0 aliphatic carbocycles. The molecule has 1 heterocycles. The molecule has 22 heteroatoms. The summed E-state index contributed by atoms with van der Waals surface area (Å²) in [5, 5.41) is 28.5. The number of aliphatic carboxylic acids is 2. The quantitative estimate of drug-likeness (QED) is 0.0416. The molecule has 6 N–H and O–H groups in total. The van der Waals surface area contributed by atoms with Crippen molar-refractivity contribution >= 4 is 56.0 Å². The number of carboxylic acid groups (broad SMARTS) is 2. The highest BCUT2D eigenvalue weighted by molar-refractivity contribution is 7.89. The zero-order valence-electron chi connectivity index (χ0n) is 34.8. The third kappa shape index (κ3) is 16.5. The summed E-state index contributed by atoms with van der Waals surface area (Å²) in [6, 6.07) is 25.6. The lowest BCUT2D eigenvalue weighted by molar-refractivity contribution is -0.193. The molecule has 0 bridgehead atoms. The average molecular weight is 924 g/mol. The van der Waals surface area contributed by atoms with Gasteiger partial charge in [0.05, 0.1) is 11.1 Å². The number of amides is 3. The van der Waals surface area contributed by atoms with E-state index >= 15 is 0 Å². The highest BCUT2D eigenvalue weighted by Crippen LogP contribution is 2.30. The Hall–Kier alpha value is -6.68. The number of unbranched alkanes of at least 4 members (excludes halogenated alkanes) is 4. The molecule has 5 aromatic rings. The predicted molar refractivity (Wildman–Crippen MR) is 227 cm³/mol. The number of hydrogen-bond acceptors (Lipinski definition) is 8. The summed E-state index contributed by atoms with van der Waals surface area (Å²) in [5.74, 6) is -5.67. The number of carboxylic acids is 2. The summed E-state index contributed by atoms with van der Waals surface area (Å²) >= 11 is 0. The maximum absolute atomic E-state index is 13.1. The topological polar surface area (TPSA) is 214 Å². The molecule has 0 saturated heterocycles. The Morgan fingerprint density at radius 3 is 1.86 bits per heavy atom. The molecule has 0 radical (unpaired) electrons. The Labute approximate surface area is 364 Å². The minimum Gasteiger partial charge on any atom is -0.475 e. The van der Waals surface area contributed by atoms with Crippen molar-refractivity contribution in [3.8, 4) is 11.1 Å². The van der Waals surface area contributed by atoms with Crippen LogP contribution in [0.3, 0.4) is 0 Å². The normalized spacial score (nSPS) is 11.3. The maximum Gasteiger partial charge on any atom is 0.490 e. The van der Waals surface area contributed by atoms with E-state index in [9.17, 15) is 44.3 Å². The molecule has 0 unspecified atom stereocenters. The van der Waals surface area contributed by atoms with E-state index < -0.39 is 34.3 Å². The van der Waals surface area contributed by atoms with Crippen molar-refractivity contribution in [1.29, 1.82) is 0 Å². The smallest absolute Gasteiger partial charge is 0.475 e. The van der Waals surface area contributed by atoms with Gasteiger partial charge in [-0.05, 0) is 60.4 Å². The molecule has 1 aromatic heterocycles. The first kappa shape index (κ1) is 51.7. The molecule has 3 amide bonds. The van der Waals surface area contributed by atoms with Crippen molar-refractivity contribution in [3.63, 3.8) is 0 Å². The van der Waals surface area contributed by atoms with Crippen LogP contribution in [0, 0.1) is 0 Å². The van der Waals surface area contributed by atoms with E-state index in [2.05, 4.69) is 25.6 Å². The molecule has 5 rings (SSSR count). The highest BCUT2D eigenvalue weighted by atomic mass is 32.2. The standard InChI is InChI=1S/C38H45N7O4S.2C2HF3O2/c1-44(2)35-16-10-15-34-33(35)14-11-17-36(34)50(48,49)42-23-8-6-4-5-7-22-39-37(46)30-13-9-12-28(24-30)27-45(3)38(47)43-32-20-18-29(19-21-32)31-25-40-41-26-31;2*3-2(4,5)1(6)7/h9-21,24-26,42H,4-8,22-23,27H2,1-3H3,(H,39,46)(H,40,41)(H,43,47);2*(H,6,7). The van der Waals surface area contributed by atoms with Crippen molar-refractivity contribution in [2.24, 2.45) is 0 Å². The molecule has 64 heavy (non-hydrogen) atoms. The zero-order chi connectivity index (χ0) is 47.7. The molecule has 0 aliphatic heterocycles. The zero-order valence-corrected chi connectivity index (χ0v) is 35.6. The number of alkyl halides is 6. The number of fused-ring (bicyclic) bond motifs is 1. The summed E-state index contributed by atoms with van der Waals surface area (Å²) in [6.45, 7) is 1.26. The van der Waals surface area contributed by atoms with E-state index in [4.69, 9.17) is 19.8 Å². The number of carbonyl (C=O) groups is 4. The second-order valence-electron chi connectivity index (χ2n) is 14.1. The van der Waals surface area contributed by atoms with Crippen LogP contribution >= 0.6 is 0 Å². The van der Waals surface area contributed by atoms with Gasteiger partial charge in [-0.15, -0.1) is 0 Å². The number of halogens is 6. The van der Waals surface area contributed by atoms with Crippen LogP contribution in [-0.2, 0) is 26.2 Å². The molecular formula is C42H47F6N7O8S. The van der Waals surface area contributed by atoms with Crippen molar-refractivity contribution in [1.82, 2.24) is 25.1 Å². The number of rotatable bonds is 16. The van der Waals surface area contributed by atoms with E-state index in [0.29, 0.717) is 41.2 Å². The number of aromatic nitrogens is 2. The van der Waals surface area contributed by atoms with Gasteiger partial charge in [-0.2, -0.15) is 31.4 Å². The van der Waals surface area contributed by atoms with E-state index in [1.54, 1.807) is 42.4 Å². The van der Waals surface area contributed by atoms with E-state index in [1.165, 1.54) is 0 Å². The largest absolute Gasteiger partial charge is 0.490 e. The summed E-state index contributed by atoms with van der Waals surface area (Å²) in [6.07, 6.45) is -2.30. The van der Waals surface area contributed by atoms with Gasteiger partial charge in [0.25, 0.3) is 5.91 Å². The molecule has 15 nitrogen and oxygen atoms in total. The fourth-order valence-electron chi connectivity index (χ4n) is 5.79.